The fourth-order valence-corrected chi connectivity index (χ4v) is 1.16. The summed E-state index contributed by atoms with van der Waals surface area (Å²) in [5, 5.41) is 13.1. The van der Waals surface area contributed by atoms with Crippen LogP contribution in [0, 0.1) is 35.5 Å². The van der Waals surface area contributed by atoms with Gasteiger partial charge in [-0.15, -0.1) is 15.3 Å². The summed E-state index contributed by atoms with van der Waals surface area (Å²) in [4.78, 5) is 10.4. The highest BCUT2D eigenvalue weighted by molar-refractivity contribution is 5.34. The zero-order chi connectivity index (χ0) is 20.3. The molecular weight excluding hydrogens is 348 g/mol. The van der Waals surface area contributed by atoms with E-state index in [0.717, 1.165) is 0 Å². The number of hydrogen-bond donors (Lipinski definition) is 1. The van der Waals surface area contributed by atoms with Crippen molar-refractivity contribution in [1.82, 2.24) is 20.4 Å². The predicted octanol–water partition coefficient (Wildman–Crippen LogP) is 1.31. The molecule has 0 aliphatic carbocycles. The lowest BCUT2D eigenvalue weighted by Crippen LogP contribution is -2.05. The highest BCUT2D eigenvalue weighted by atomic mass is 16.5. The molecular formula is C19H20N4O4. The molecule has 2 heterocycles. The van der Waals surface area contributed by atoms with Crippen molar-refractivity contribution in [3.8, 4) is 53.2 Å². The second-order valence-corrected chi connectivity index (χ2v) is 4.08. The second-order valence-electron chi connectivity index (χ2n) is 4.08. The van der Waals surface area contributed by atoms with Gasteiger partial charge in [-0.05, 0) is 37.5 Å². The normalized spacial score (nSPS) is 7.44. The average Bonchev–Trinajstić information content (AvgIpc) is 2.73. The Morgan fingerprint density at radius 3 is 1.48 bits per heavy atom. The van der Waals surface area contributed by atoms with Crippen LogP contribution in [0.2, 0.25) is 0 Å². The third-order valence-corrected chi connectivity index (χ3v) is 2.33. The van der Waals surface area contributed by atoms with Gasteiger partial charge in [-0.1, -0.05) is 11.8 Å². The van der Waals surface area contributed by atoms with E-state index in [0.29, 0.717) is 17.6 Å². The molecule has 8 nitrogen and oxygen atoms in total. The van der Waals surface area contributed by atoms with E-state index in [2.05, 4.69) is 60.7 Å². The highest BCUT2D eigenvalue weighted by Gasteiger charge is 1.93. The number of methoxy groups -OCH3 is 3. The summed E-state index contributed by atoms with van der Waals surface area (Å²) in [5.74, 6) is 16.9. The van der Waals surface area contributed by atoms with Crippen LogP contribution in [0.3, 0.4) is 0 Å². The van der Waals surface area contributed by atoms with Crippen molar-refractivity contribution in [2.45, 2.75) is 13.8 Å². The standard InChI is InChI=1S/C8H6.C6H8N2O2.C5H6N2O2/c1-3-5-7-8-6-4-2;1-9-5-3-4-6(10-2)8-7-5;1-9-5-3-2-4(8)6-7-5/h1-2H3;3-4H,1-2H3;2-3H,1H3,(H,6,8). The van der Waals surface area contributed by atoms with Crippen LogP contribution in [0.15, 0.2) is 29.1 Å². The van der Waals surface area contributed by atoms with Gasteiger partial charge in [0, 0.05) is 24.3 Å². The van der Waals surface area contributed by atoms with E-state index < -0.39 is 0 Å². The molecule has 8 heteroatoms. The van der Waals surface area contributed by atoms with Crippen LogP contribution in [-0.2, 0) is 0 Å². The number of nitrogens with zero attached hydrogens (tertiary/aromatic N) is 3. The molecule has 0 aliphatic rings. The average molecular weight is 368 g/mol. The first-order valence-electron chi connectivity index (χ1n) is 7.46. The molecule has 0 amide bonds. The van der Waals surface area contributed by atoms with E-state index >= 15 is 0 Å². The summed E-state index contributed by atoms with van der Waals surface area (Å²) >= 11 is 0. The Morgan fingerprint density at radius 2 is 1.19 bits per heavy atom. The summed E-state index contributed by atoms with van der Waals surface area (Å²) in [7, 11) is 4.56. The summed E-state index contributed by atoms with van der Waals surface area (Å²) in [6.07, 6.45) is 0. The van der Waals surface area contributed by atoms with Crippen LogP contribution in [0.1, 0.15) is 13.8 Å². The molecule has 1 N–H and O–H groups in total. The summed E-state index contributed by atoms with van der Waals surface area (Å²) in [6, 6.07) is 6.22. The number of rotatable bonds is 3. The maximum atomic E-state index is 10.4. The van der Waals surface area contributed by atoms with Crippen molar-refractivity contribution in [3.05, 3.63) is 34.6 Å². The van der Waals surface area contributed by atoms with Gasteiger partial charge >= 0.3 is 0 Å². The van der Waals surface area contributed by atoms with Crippen LogP contribution < -0.4 is 19.8 Å². The summed E-state index contributed by atoms with van der Waals surface area (Å²) in [5.41, 5.74) is -0.226. The fraction of sp³-hybridized carbons (Fsp3) is 0.263. The Morgan fingerprint density at radius 1 is 0.741 bits per heavy atom. The molecule has 27 heavy (non-hydrogen) atoms. The molecule has 2 rings (SSSR count). The quantitative estimate of drug-likeness (QED) is 0.816. The van der Waals surface area contributed by atoms with Crippen molar-refractivity contribution >= 4 is 0 Å². The number of aromatic amines is 1. The van der Waals surface area contributed by atoms with Gasteiger partial charge in [0.1, 0.15) is 0 Å². The minimum Gasteiger partial charge on any atom is -0.480 e. The SMILES string of the molecule is CC#CC#CC#CC.COc1ccc(=O)[nH]n1.COc1ccc(OC)nn1. The molecule has 0 spiro atoms. The van der Waals surface area contributed by atoms with E-state index in [1.165, 1.54) is 33.5 Å². The van der Waals surface area contributed by atoms with Crippen molar-refractivity contribution in [3.63, 3.8) is 0 Å². The molecule has 140 valence electrons. The molecule has 0 fully saturated rings. The van der Waals surface area contributed by atoms with Crippen molar-refractivity contribution in [2.24, 2.45) is 0 Å². The lowest BCUT2D eigenvalue weighted by atomic mass is 10.5. The Kier molecular flexibility index (Phi) is 13.3. The zero-order valence-electron chi connectivity index (χ0n) is 15.8. The molecule has 0 atom stereocenters. The first kappa shape index (κ1) is 23.0. The van der Waals surface area contributed by atoms with Gasteiger partial charge in [-0.25, -0.2) is 5.10 Å². The predicted molar refractivity (Wildman–Crippen MR) is 101 cm³/mol. The van der Waals surface area contributed by atoms with E-state index in [1.54, 1.807) is 26.0 Å². The largest absolute Gasteiger partial charge is 0.480 e. The molecule has 0 saturated heterocycles. The molecule has 2 aromatic heterocycles. The van der Waals surface area contributed by atoms with Gasteiger partial charge in [0.15, 0.2) is 0 Å². The van der Waals surface area contributed by atoms with Gasteiger partial charge in [-0.3, -0.25) is 4.79 Å². The first-order chi connectivity index (χ1) is 13.1. The smallest absolute Gasteiger partial charge is 0.264 e. The molecule has 0 aromatic carbocycles. The number of nitrogens with one attached hydrogen (secondary N) is 1. The summed E-state index contributed by atoms with van der Waals surface area (Å²) in [6.45, 7) is 3.49. The Labute approximate surface area is 158 Å². The second kappa shape index (κ2) is 15.6. The topological polar surface area (TPSA) is 99.2 Å². The van der Waals surface area contributed by atoms with Crippen molar-refractivity contribution in [1.29, 1.82) is 0 Å². The Balaban J connectivity index is 0.000000379. The van der Waals surface area contributed by atoms with E-state index in [4.69, 9.17) is 9.47 Å². The van der Waals surface area contributed by atoms with Crippen LogP contribution >= 0.6 is 0 Å². The number of H-pyrrole nitrogens is 1. The van der Waals surface area contributed by atoms with Crippen molar-refractivity contribution in [2.75, 3.05) is 21.3 Å². The van der Waals surface area contributed by atoms with Gasteiger partial charge < -0.3 is 14.2 Å². The minimum absolute atomic E-state index is 0.226. The molecule has 0 bridgehead atoms. The number of hydrogen-bond acceptors (Lipinski definition) is 7. The lowest BCUT2D eigenvalue weighted by molar-refractivity contribution is 0.367. The molecule has 2 aromatic rings. The fourth-order valence-electron chi connectivity index (χ4n) is 1.16. The van der Waals surface area contributed by atoms with E-state index in [-0.39, 0.29) is 5.56 Å². The molecule has 0 radical (unpaired) electrons. The zero-order valence-corrected chi connectivity index (χ0v) is 15.8. The molecule has 0 aliphatic heterocycles. The first-order valence-corrected chi connectivity index (χ1v) is 7.46. The van der Waals surface area contributed by atoms with Gasteiger partial charge in [-0.2, -0.15) is 0 Å². The van der Waals surface area contributed by atoms with Crippen LogP contribution in [0.5, 0.6) is 17.6 Å². The van der Waals surface area contributed by atoms with Crippen LogP contribution in [0.25, 0.3) is 0 Å². The lowest BCUT2D eigenvalue weighted by Gasteiger charge is -1.97. The Bertz CT molecular complexity index is 837. The van der Waals surface area contributed by atoms with Gasteiger partial charge in [0.2, 0.25) is 17.6 Å². The third-order valence-electron chi connectivity index (χ3n) is 2.33. The molecule has 0 unspecified atom stereocenters. The number of ether oxygens (including phenoxy) is 3. The van der Waals surface area contributed by atoms with Crippen LogP contribution in [0.4, 0.5) is 0 Å². The maximum absolute atomic E-state index is 10.4. The highest BCUT2D eigenvalue weighted by Crippen LogP contribution is 2.07. The van der Waals surface area contributed by atoms with E-state index in [9.17, 15) is 4.79 Å². The van der Waals surface area contributed by atoms with Gasteiger partial charge in [0.25, 0.3) is 5.56 Å². The third kappa shape index (κ3) is 12.1. The Hall–Kier alpha value is -3.96. The maximum Gasteiger partial charge on any atom is 0.264 e. The minimum atomic E-state index is -0.226. The monoisotopic (exact) mass is 368 g/mol. The molecule has 0 saturated carbocycles. The van der Waals surface area contributed by atoms with Crippen LogP contribution in [-0.4, -0.2) is 41.7 Å². The van der Waals surface area contributed by atoms with E-state index in [1.807, 2.05) is 0 Å². The number of aromatic nitrogens is 4. The van der Waals surface area contributed by atoms with Crippen molar-refractivity contribution < 1.29 is 14.2 Å². The summed E-state index contributed by atoms with van der Waals surface area (Å²) < 4.78 is 14.3. The van der Waals surface area contributed by atoms with Gasteiger partial charge in [0.05, 0.1) is 21.3 Å².